The number of nitrogens with zero attached hydrogens (tertiary/aromatic N) is 5. The van der Waals surface area contributed by atoms with Crippen LogP contribution < -0.4 is 9.80 Å². The summed E-state index contributed by atoms with van der Waals surface area (Å²) in [5, 5.41) is 0. The van der Waals surface area contributed by atoms with E-state index in [1.54, 1.807) is 6.33 Å². The SMILES string of the molecule is c1cncc(N2CCN(c3cc(C4CCOC4)ncn3)CC2)c1. The second-order valence-electron chi connectivity index (χ2n) is 6.05. The molecule has 0 bridgehead atoms. The van der Waals surface area contributed by atoms with Gasteiger partial charge in [-0.3, -0.25) is 4.98 Å². The predicted octanol–water partition coefficient (Wildman–Crippen LogP) is 1.70. The minimum absolute atomic E-state index is 0.424. The lowest BCUT2D eigenvalue weighted by Gasteiger charge is -2.36. The zero-order chi connectivity index (χ0) is 15.5. The van der Waals surface area contributed by atoms with E-state index in [1.165, 1.54) is 5.69 Å². The highest BCUT2D eigenvalue weighted by atomic mass is 16.5. The maximum Gasteiger partial charge on any atom is 0.132 e. The van der Waals surface area contributed by atoms with Gasteiger partial charge in [0.15, 0.2) is 0 Å². The van der Waals surface area contributed by atoms with Crippen LogP contribution in [0.2, 0.25) is 0 Å². The minimum Gasteiger partial charge on any atom is -0.381 e. The summed E-state index contributed by atoms with van der Waals surface area (Å²) in [6.07, 6.45) is 6.50. The second kappa shape index (κ2) is 6.50. The van der Waals surface area contributed by atoms with Gasteiger partial charge in [0.05, 0.1) is 24.2 Å². The number of ether oxygens (including phenoxy) is 1. The molecule has 2 aliphatic rings. The average molecular weight is 311 g/mol. The van der Waals surface area contributed by atoms with Gasteiger partial charge < -0.3 is 14.5 Å². The lowest BCUT2D eigenvalue weighted by Crippen LogP contribution is -2.46. The molecule has 4 rings (SSSR count). The van der Waals surface area contributed by atoms with Crippen molar-refractivity contribution in [2.75, 3.05) is 49.2 Å². The van der Waals surface area contributed by atoms with Crippen molar-refractivity contribution in [3.05, 3.63) is 42.6 Å². The van der Waals surface area contributed by atoms with Crippen molar-refractivity contribution in [3.8, 4) is 0 Å². The van der Waals surface area contributed by atoms with Gasteiger partial charge >= 0.3 is 0 Å². The maximum absolute atomic E-state index is 5.47. The van der Waals surface area contributed by atoms with E-state index in [1.807, 2.05) is 18.5 Å². The molecule has 0 N–H and O–H groups in total. The summed E-state index contributed by atoms with van der Waals surface area (Å²) in [4.78, 5) is 17.8. The Hall–Kier alpha value is -2.21. The summed E-state index contributed by atoms with van der Waals surface area (Å²) in [7, 11) is 0. The van der Waals surface area contributed by atoms with E-state index < -0.39 is 0 Å². The first-order chi connectivity index (χ1) is 11.4. The Morgan fingerprint density at radius 3 is 2.70 bits per heavy atom. The summed E-state index contributed by atoms with van der Waals surface area (Å²) in [5.74, 6) is 1.46. The van der Waals surface area contributed by atoms with Crippen LogP contribution in [0.5, 0.6) is 0 Å². The topological polar surface area (TPSA) is 54.4 Å². The van der Waals surface area contributed by atoms with Gasteiger partial charge in [-0.2, -0.15) is 0 Å². The Morgan fingerprint density at radius 2 is 1.96 bits per heavy atom. The number of piperazine rings is 1. The Bertz CT molecular complexity index is 636. The highest BCUT2D eigenvalue weighted by molar-refractivity contribution is 5.48. The van der Waals surface area contributed by atoms with Crippen LogP contribution in [-0.4, -0.2) is 54.3 Å². The van der Waals surface area contributed by atoms with E-state index in [2.05, 4.69) is 36.9 Å². The first kappa shape index (κ1) is 14.4. The van der Waals surface area contributed by atoms with Gasteiger partial charge in [-0.15, -0.1) is 0 Å². The average Bonchev–Trinajstić information content (AvgIpc) is 3.18. The summed E-state index contributed by atoms with van der Waals surface area (Å²) in [6.45, 7) is 5.52. The number of hydrogen-bond acceptors (Lipinski definition) is 6. The Morgan fingerprint density at radius 1 is 1.09 bits per heavy atom. The van der Waals surface area contributed by atoms with Crippen molar-refractivity contribution >= 4 is 11.5 Å². The molecule has 0 radical (unpaired) electrons. The number of hydrogen-bond donors (Lipinski definition) is 0. The maximum atomic E-state index is 5.47. The van der Waals surface area contributed by atoms with Crippen LogP contribution in [0.25, 0.3) is 0 Å². The third-order valence-electron chi connectivity index (χ3n) is 4.64. The van der Waals surface area contributed by atoms with Gasteiger partial charge in [0, 0.05) is 51.0 Å². The molecule has 6 nitrogen and oxygen atoms in total. The molecule has 23 heavy (non-hydrogen) atoms. The molecule has 0 spiro atoms. The van der Waals surface area contributed by atoms with Gasteiger partial charge in [0.25, 0.3) is 0 Å². The van der Waals surface area contributed by atoms with E-state index in [0.717, 1.165) is 57.3 Å². The fraction of sp³-hybridized carbons (Fsp3) is 0.471. The van der Waals surface area contributed by atoms with Gasteiger partial charge in [0.1, 0.15) is 12.1 Å². The van der Waals surface area contributed by atoms with Crippen molar-refractivity contribution in [2.45, 2.75) is 12.3 Å². The van der Waals surface area contributed by atoms with E-state index in [0.29, 0.717) is 5.92 Å². The molecule has 1 atom stereocenters. The van der Waals surface area contributed by atoms with E-state index in [-0.39, 0.29) is 0 Å². The first-order valence-electron chi connectivity index (χ1n) is 8.20. The molecule has 2 aromatic rings. The van der Waals surface area contributed by atoms with E-state index in [9.17, 15) is 0 Å². The van der Waals surface area contributed by atoms with Crippen molar-refractivity contribution in [1.82, 2.24) is 15.0 Å². The molecule has 0 saturated carbocycles. The van der Waals surface area contributed by atoms with Crippen molar-refractivity contribution in [1.29, 1.82) is 0 Å². The van der Waals surface area contributed by atoms with Gasteiger partial charge in [-0.1, -0.05) is 0 Å². The van der Waals surface area contributed by atoms with Crippen LogP contribution in [0.3, 0.4) is 0 Å². The smallest absolute Gasteiger partial charge is 0.132 e. The fourth-order valence-corrected chi connectivity index (χ4v) is 3.26. The molecule has 2 aliphatic heterocycles. The molecule has 0 amide bonds. The molecule has 6 heteroatoms. The molecule has 2 saturated heterocycles. The number of aromatic nitrogens is 3. The lowest BCUT2D eigenvalue weighted by atomic mass is 10.0. The number of rotatable bonds is 3. The molecular weight excluding hydrogens is 290 g/mol. The molecule has 0 aliphatic carbocycles. The van der Waals surface area contributed by atoms with Crippen LogP contribution in [0, 0.1) is 0 Å². The molecule has 4 heterocycles. The largest absolute Gasteiger partial charge is 0.381 e. The third kappa shape index (κ3) is 3.12. The summed E-state index contributed by atoms with van der Waals surface area (Å²) in [6, 6.07) is 6.24. The van der Waals surface area contributed by atoms with Crippen molar-refractivity contribution in [2.24, 2.45) is 0 Å². The Balaban J connectivity index is 1.43. The molecule has 2 fully saturated rings. The highest BCUT2D eigenvalue weighted by Crippen LogP contribution is 2.26. The Kier molecular flexibility index (Phi) is 4.06. The molecule has 0 aromatic carbocycles. The standard InChI is InChI=1S/C17H21N5O/c1-2-15(11-18-4-1)21-5-7-22(8-6-21)17-10-16(19-13-20-17)14-3-9-23-12-14/h1-2,4,10-11,13-14H,3,5-9,12H2. The van der Waals surface area contributed by atoms with E-state index >= 15 is 0 Å². The molecule has 120 valence electrons. The fourth-order valence-electron chi connectivity index (χ4n) is 3.26. The third-order valence-corrected chi connectivity index (χ3v) is 4.64. The van der Waals surface area contributed by atoms with Gasteiger partial charge in [-0.25, -0.2) is 9.97 Å². The molecule has 2 aromatic heterocycles. The Labute approximate surface area is 136 Å². The molecule has 1 unspecified atom stereocenters. The second-order valence-corrected chi connectivity index (χ2v) is 6.05. The summed E-state index contributed by atoms with van der Waals surface area (Å²) in [5.41, 5.74) is 2.31. The first-order valence-corrected chi connectivity index (χ1v) is 8.20. The van der Waals surface area contributed by atoms with Crippen molar-refractivity contribution in [3.63, 3.8) is 0 Å². The van der Waals surface area contributed by atoms with Crippen LogP contribution in [0.1, 0.15) is 18.0 Å². The van der Waals surface area contributed by atoms with Crippen LogP contribution in [0.15, 0.2) is 36.9 Å². The zero-order valence-electron chi connectivity index (χ0n) is 13.1. The minimum atomic E-state index is 0.424. The van der Waals surface area contributed by atoms with Crippen molar-refractivity contribution < 1.29 is 4.74 Å². The summed E-state index contributed by atoms with van der Waals surface area (Å²) >= 11 is 0. The zero-order valence-corrected chi connectivity index (χ0v) is 13.1. The number of anilines is 2. The van der Waals surface area contributed by atoms with Crippen LogP contribution in [-0.2, 0) is 4.74 Å². The normalized spacial score (nSPS) is 21.7. The quantitative estimate of drug-likeness (QED) is 0.860. The van der Waals surface area contributed by atoms with Gasteiger partial charge in [-0.05, 0) is 18.6 Å². The van der Waals surface area contributed by atoms with Crippen LogP contribution in [0.4, 0.5) is 11.5 Å². The van der Waals surface area contributed by atoms with E-state index in [4.69, 9.17) is 4.74 Å². The number of pyridine rings is 1. The monoisotopic (exact) mass is 311 g/mol. The van der Waals surface area contributed by atoms with Gasteiger partial charge in [0.2, 0.25) is 0 Å². The van der Waals surface area contributed by atoms with Crippen LogP contribution >= 0.6 is 0 Å². The highest BCUT2D eigenvalue weighted by Gasteiger charge is 2.22. The lowest BCUT2D eigenvalue weighted by molar-refractivity contribution is 0.193. The summed E-state index contributed by atoms with van der Waals surface area (Å²) < 4.78 is 5.47. The molecular formula is C17H21N5O. The predicted molar refractivity (Wildman–Crippen MR) is 88.9 cm³/mol.